The summed E-state index contributed by atoms with van der Waals surface area (Å²) in [5.41, 5.74) is 1.35. The van der Waals surface area contributed by atoms with Gasteiger partial charge in [-0.3, -0.25) is 4.79 Å². The van der Waals surface area contributed by atoms with Gasteiger partial charge in [0, 0.05) is 12.1 Å². The Kier molecular flexibility index (Phi) is 5.99. The summed E-state index contributed by atoms with van der Waals surface area (Å²) in [6, 6.07) is 16.7. The molecule has 27 heavy (non-hydrogen) atoms. The maximum Gasteiger partial charge on any atom is 0.258 e. The van der Waals surface area contributed by atoms with Crippen LogP contribution in [-0.4, -0.2) is 34.1 Å². The zero-order chi connectivity index (χ0) is 19.1. The van der Waals surface area contributed by atoms with Crippen molar-refractivity contribution in [2.75, 3.05) is 13.2 Å². The molecule has 0 atom stereocenters. The number of rotatable bonds is 8. The molecule has 1 aromatic heterocycles. The molecule has 6 nitrogen and oxygen atoms in total. The van der Waals surface area contributed by atoms with Gasteiger partial charge in [-0.15, -0.1) is 6.58 Å². The van der Waals surface area contributed by atoms with Crippen molar-refractivity contribution in [2.45, 2.75) is 13.5 Å². The van der Waals surface area contributed by atoms with Gasteiger partial charge in [0.15, 0.2) is 0 Å². The first-order valence-corrected chi connectivity index (χ1v) is 8.73. The summed E-state index contributed by atoms with van der Waals surface area (Å²) in [6.45, 7) is 6.64. The molecule has 138 valence electrons. The first kappa shape index (κ1) is 18.4. The first-order chi connectivity index (χ1) is 13.2. The molecule has 0 aliphatic carbocycles. The van der Waals surface area contributed by atoms with Crippen molar-refractivity contribution in [3.8, 4) is 17.1 Å². The first-order valence-electron chi connectivity index (χ1n) is 8.73. The van der Waals surface area contributed by atoms with Gasteiger partial charge in [0.25, 0.3) is 5.91 Å². The maximum atomic E-state index is 13.0. The van der Waals surface area contributed by atoms with Gasteiger partial charge in [-0.25, -0.2) is 0 Å². The molecule has 0 radical (unpaired) electrons. The number of amides is 1. The number of aromatic nitrogens is 2. The molecule has 1 amide bonds. The summed E-state index contributed by atoms with van der Waals surface area (Å²) in [4.78, 5) is 19.0. The Morgan fingerprint density at radius 3 is 2.67 bits per heavy atom. The minimum Gasteiger partial charge on any atom is -0.493 e. The number of hydrogen-bond acceptors (Lipinski definition) is 5. The van der Waals surface area contributed by atoms with E-state index in [2.05, 4.69) is 16.7 Å². The van der Waals surface area contributed by atoms with Gasteiger partial charge in [0.05, 0.1) is 12.2 Å². The van der Waals surface area contributed by atoms with Crippen molar-refractivity contribution in [1.82, 2.24) is 15.0 Å². The van der Waals surface area contributed by atoms with Crippen LogP contribution < -0.4 is 4.74 Å². The topological polar surface area (TPSA) is 68.5 Å². The Morgan fingerprint density at radius 2 is 1.93 bits per heavy atom. The molecule has 0 aliphatic heterocycles. The highest BCUT2D eigenvalue weighted by Crippen LogP contribution is 2.21. The van der Waals surface area contributed by atoms with E-state index in [1.807, 2.05) is 49.4 Å². The van der Waals surface area contributed by atoms with Crippen molar-refractivity contribution in [2.24, 2.45) is 0 Å². The number of nitrogens with zero attached hydrogens (tertiary/aromatic N) is 3. The van der Waals surface area contributed by atoms with E-state index in [-0.39, 0.29) is 12.5 Å². The maximum absolute atomic E-state index is 13.0. The zero-order valence-electron chi connectivity index (χ0n) is 15.2. The molecule has 0 saturated carbocycles. The zero-order valence-corrected chi connectivity index (χ0v) is 15.2. The van der Waals surface area contributed by atoms with Crippen LogP contribution in [0.1, 0.15) is 23.2 Å². The monoisotopic (exact) mass is 363 g/mol. The highest BCUT2D eigenvalue weighted by atomic mass is 16.5. The van der Waals surface area contributed by atoms with E-state index in [1.165, 1.54) is 0 Å². The molecule has 2 aromatic carbocycles. The third-order valence-corrected chi connectivity index (χ3v) is 3.88. The number of carbonyl (C=O) groups is 1. The highest BCUT2D eigenvalue weighted by Gasteiger charge is 2.21. The molecule has 0 bridgehead atoms. The molecule has 0 unspecified atom stereocenters. The molecule has 0 aliphatic rings. The predicted molar refractivity (Wildman–Crippen MR) is 102 cm³/mol. The second kappa shape index (κ2) is 8.80. The van der Waals surface area contributed by atoms with Crippen LogP contribution in [-0.2, 0) is 6.54 Å². The Bertz CT molecular complexity index is 906. The van der Waals surface area contributed by atoms with Crippen LogP contribution in [0.15, 0.2) is 71.8 Å². The minimum absolute atomic E-state index is 0.182. The normalized spacial score (nSPS) is 10.4. The molecular formula is C21H21N3O3. The lowest BCUT2D eigenvalue weighted by atomic mass is 10.1. The second-order valence-electron chi connectivity index (χ2n) is 5.78. The molecule has 0 fully saturated rings. The fraction of sp³-hybridized carbons (Fsp3) is 0.190. The number of hydrogen-bond donors (Lipinski definition) is 0. The predicted octanol–water partition coefficient (Wildman–Crippen LogP) is 3.96. The SMILES string of the molecule is C=CCN(Cc1nc(-c2ccccc2)no1)C(=O)c1ccccc1OCC. The third kappa shape index (κ3) is 4.41. The summed E-state index contributed by atoms with van der Waals surface area (Å²) in [5.74, 6) is 1.22. The summed E-state index contributed by atoms with van der Waals surface area (Å²) in [5, 5.41) is 4.00. The van der Waals surface area contributed by atoms with Crippen molar-refractivity contribution >= 4 is 5.91 Å². The van der Waals surface area contributed by atoms with Gasteiger partial charge in [0.1, 0.15) is 12.3 Å². The van der Waals surface area contributed by atoms with Crippen LogP contribution in [0.3, 0.4) is 0 Å². The molecule has 3 rings (SSSR count). The van der Waals surface area contributed by atoms with Crippen LogP contribution in [0.25, 0.3) is 11.4 Å². The van der Waals surface area contributed by atoms with Gasteiger partial charge in [0.2, 0.25) is 11.7 Å². The van der Waals surface area contributed by atoms with E-state index in [0.717, 1.165) is 5.56 Å². The van der Waals surface area contributed by atoms with E-state index in [4.69, 9.17) is 9.26 Å². The van der Waals surface area contributed by atoms with E-state index in [1.54, 1.807) is 23.1 Å². The molecule has 6 heteroatoms. The van der Waals surface area contributed by atoms with Crippen molar-refractivity contribution < 1.29 is 14.1 Å². The number of carbonyl (C=O) groups excluding carboxylic acids is 1. The average molecular weight is 363 g/mol. The molecular weight excluding hydrogens is 342 g/mol. The fourth-order valence-electron chi connectivity index (χ4n) is 2.66. The Labute approximate surface area is 158 Å². The Hall–Kier alpha value is -3.41. The molecule has 0 saturated heterocycles. The Balaban J connectivity index is 1.81. The van der Waals surface area contributed by atoms with Crippen molar-refractivity contribution in [1.29, 1.82) is 0 Å². The van der Waals surface area contributed by atoms with E-state index in [0.29, 0.717) is 36.2 Å². The van der Waals surface area contributed by atoms with Crippen molar-refractivity contribution in [3.05, 3.63) is 78.7 Å². The number of ether oxygens (including phenoxy) is 1. The lowest BCUT2D eigenvalue weighted by molar-refractivity contribution is 0.0741. The van der Waals surface area contributed by atoms with Crippen LogP contribution in [0.2, 0.25) is 0 Å². The third-order valence-electron chi connectivity index (χ3n) is 3.88. The summed E-state index contributed by atoms with van der Waals surface area (Å²) < 4.78 is 10.9. The largest absolute Gasteiger partial charge is 0.493 e. The number of para-hydroxylation sites is 1. The smallest absolute Gasteiger partial charge is 0.258 e. The quantitative estimate of drug-likeness (QED) is 0.567. The van der Waals surface area contributed by atoms with Gasteiger partial charge >= 0.3 is 0 Å². The number of benzene rings is 2. The molecule has 0 spiro atoms. The Morgan fingerprint density at radius 1 is 1.19 bits per heavy atom. The standard InChI is InChI=1S/C21H21N3O3/c1-3-14-24(21(25)17-12-8-9-13-18(17)26-4-2)15-19-22-20(23-27-19)16-10-6-5-7-11-16/h3,5-13H,1,4,14-15H2,2H3. The second-order valence-corrected chi connectivity index (χ2v) is 5.78. The van der Waals surface area contributed by atoms with Gasteiger partial charge in [-0.2, -0.15) is 4.98 Å². The average Bonchev–Trinajstić information content (AvgIpc) is 3.17. The van der Waals surface area contributed by atoms with Crippen LogP contribution in [0.4, 0.5) is 0 Å². The lowest BCUT2D eigenvalue weighted by Gasteiger charge is -2.20. The summed E-state index contributed by atoms with van der Waals surface area (Å²) >= 11 is 0. The van der Waals surface area contributed by atoms with E-state index in [9.17, 15) is 4.79 Å². The highest BCUT2D eigenvalue weighted by molar-refractivity contribution is 5.97. The lowest BCUT2D eigenvalue weighted by Crippen LogP contribution is -2.31. The minimum atomic E-state index is -0.182. The molecule has 3 aromatic rings. The van der Waals surface area contributed by atoms with Crippen LogP contribution >= 0.6 is 0 Å². The van der Waals surface area contributed by atoms with Crippen molar-refractivity contribution in [3.63, 3.8) is 0 Å². The van der Waals surface area contributed by atoms with E-state index >= 15 is 0 Å². The van der Waals surface area contributed by atoms with Crippen LogP contribution in [0, 0.1) is 0 Å². The summed E-state index contributed by atoms with van der Waals surface area (Å²) in [6.07, 6.45) is 1.66. The fourth-order valence-corrected chi connectivity index (χ4v) is 2.66. The molecule has 1 heterocycles. The van der Waals surface area contributed by atoms with Crippen LogP contribution in [0.5, 0.6) is 5.75 Å². The summed E-state index contributed by atoms with van der Waals surface area (Å²) in [7, 11) is 0. The van der Waals surface area contributed by atoms with E-state index < -0.39 is 0 Å². The van der Waals surface area contributed by atoms with Gasteiger partial charge in [-0.1, -0.05) is 53.7 Å². The van der Waals surface area contributed by atoms with Gasteiger partial charge < -0.3 is 14.2 Å². The van der Waals surface area contributed by atoms with Gasteiger partial charge in [-0.05, 0) is 19.1 Å². The molecule has 0 N–H and O–H groups in total.